The summed E-state index contributed by atoms with van der Waals surface area (Å²) < 4.78 is 2.28. The van der Waals surface area contributed by atoms with Crippen LogP contribution in [0, 0.1) is 5.92 Å². The predicted molar refractivity (Wildman–Crippen MR) is 45.4 cm³/mol. The maximum Gasteiger partial charge on any atom is 0.0460 e. The van der Waals surface area contributed by atoms with Crippen LogP contribution in [0.1, 0.15) is 12.8 Å². The molecule has 1 fully saturated rings. The van der Waals surface area contributed by atoms with E-state index in [4.69, 9.17) is 5.11 Å². The smallest absolute Gasteiger partial charge is 0.0460 e. The highest BCUT2D eigenvalue weighted by Gasteiger charge is 2.15. The zero-order valence-electron chi connectivity index (χ0n) is 5.39. The molecule has 3 heteroatoms. The van der Waals surface area contributed by atoms with Gasteiger partial charge in [0.2, 0.25) is 0 Å². The minimum Gasteiger partial charge on any atom is -0.396 e. The van der Waals surface area contributed by atoms with Crippen LogP contribution in [0.5, 0.6) is 0 Å². The molecule has 0 aliphatic carbocycles. The van der Waals surface area contributed by atoms with Crippen molar-refractivity contribution in [3.8, 4) is 0 Å². The van der Waals surface area contributed by atoms with Crippen molar-refractivity contribution in [2.75, 3.05) is 19.7 Å². The first-order valence-electron chi connectivity index (χ1n) is 3.34. The summed E-state index contributed by atoms with van der Waals surface area (Å²) in [7, 11) is 0. The lowest BCUT2D eigenvalue weighted by Crippen LogP contribution is -2.27. The van der Waals surface area contributed by atoms with Crippen molar-refractivity contribution in [1.82, 2.24) is 3.11 Å². The van der Waals surface area contributed by atoms with Crippen LogP contribution in [0.3, 0.4) is 0 Å². The molecule has 0 bridgehead atoms. The van der Waals surface area contributed by atoms with E-state index in [0.717, 1.165) is 13.1 Å². The molecule has 1 aliphatic rings. The molecule has 54 valence electrons. The largest absolute Gasteiger partial charge is 0.396 e. The Balaban J connectivity index is 2.18. The highest BCUT2D eigenvalue weighted by Crippen LogP contribution is 2.18. The molecule has 0 atom stereocenters. The van der Waals surface area contributed by atoms with E-state index in [-0.39, 0.29) is 0 Å². The van der Waals surface area contributed by atoms with Crippen molar-refractivity contribution in [3.05, 3.63) is 0 Å². The van der Waals surface area contributed by atoms with Gasteiger partial charge in [0.25, 0.3) is 0 Å². The van der Waals surface area contributed by atoms with Gasteiger partial charge in [-0.25, -0.2) is 3.11 Å². The molecule has 0 aromatic rings. The van der Waals surface area contributed by atoms with Crippen LogP contribution in [0.15, 0.2) is 0 Å². The van der Waals surface area contributed by atoms with Crippen LogP contribution in [0.25, 0.3) is 0 Å². The Morgan fingerprint density at radius 2 is 2.00 bits per heavy atom. The molecule has 2 nitrogen and oxygen atoms in total. The molecule has 1 rings (SSSR count). The Kier molecular flexibility index (Phi) is 3.21. The van der Waals surface area contributed by atoms with Gasteiger partial charge in [0.05, 0.1) is 0 Å². The molecule has 0 aromatic heterocycles. The van der Waals surface area contributed by atoms with Gasteiger partial charge < -0.3 is 5.11 Å². The van der Waals surface area contributed by atoms with Crippen molar-refractivity contribution in [3.63, 3.8) is 0 Å². The fourth-order valence-electron chi connectivity index (χ4n) is 1.08. The average Bonchev–Trinajstić information content (AvgIpc) is 1.90. The number of rotatable bonds is 1. The SMILES string of the molecule is OCC1CCN(I)CC1. The Morgan fingerprint density at radius 1 is 1.44 bits per heavy atom. The zero-order chi connectivity index (χ0) is 6.69. The second kappa shape index (κ2) is 3.73. The summed E-state index contributed by atoms with van der Waals surface area (Å²) >= 11 is 2.33. The Hall–Kier alpha value is 0.650. The summed E-state index contributed by atoms with van der Waals surface area (Å²) in [6, 6.07) is 0. The van der Waals surface area contributed by atoms with Crippen LogP contribution >= 0.6 is 22.9 Å². The molecule has 0 spiro atoms. The first-order chi connectivity index (χ1) is 4.33. The third-order valence-electron chi connectivity index (χ3n) is 1.82. The second-order valence-electron chi connectivity index (χ2n) is 2.54. The van der Waals surface area contributed by atoms with E-state index in [1.165, 1.54) is 12.8 Å². The van der Waals surface area contributed by atoms with E-state index in [1.54, 1.807) is 0 Å². The van der Waals surface area contributed by atoms with Gasteiger partial charge in [-0.3, -0.25) is 0 Å². The number of hydrogen-bond donors (Lipinski definition) is 1. The van der Waals surface area contributed by atoms with Gasteiger partial charge in [0.1, 0.15) is 0 Å². The summed E-state index contributed by atoms with van der Waals surface area (Å²) in [6.45, 7) is 2.67. The van der Waals surface area contributed by atoms with E-state index in [9.17, 15) is 0 Å². The zero-order valence-corrected chi connectivity index (χ0v) is 7.54. The van der Waals surface area contributed by atoms with Gasteiger partial charge in [-0.1, -0.05) is 0 Å². The van der Waals surface area contributed by atoms with Crippen LogP contribution < -0.4 is 0 Å². The maximum absolute atomic E-state index is 8.76. The molecule has 1 heterocycles. The lowest BCUT2D eigenvalue weighted by Gasteiger charge is -2.25. The lowest BCUT2D eigenvalue weighted by molar-refractivity contribution is 0.179. The molecule has 1 saturated heterocycles. The van der Waals surface area contributed by atoms with E-state index >= 15 is 0 Å². The highest BCUT2D eigenvalue weighted by molar-refractivity contribution is 14.1. The fourth-order valence-corrected chi connectivity index (χ4v) is 1.64. The number of nitrogens with zero attached hydrogens (tertiary/aromatic N) is 1. The first-order valence-corrected chi connectivity index (χ1v) is 4.31. The summed E-state index contributed by atoms with van der Waals surface area (Å²) in [5, 5.41) is 8.76. The monoisotopic (exact) mass is 241 g/mol. The van der Waals surface area contributed by atoms with Gasteiger partial charge in [-0.2, -0.15) is 0 Å². The van der Waals surface area contributed by atoms with Crippen molar-refractivity contribution in [1.29, 1.82) is 0 Å². The van der Waals surface area contributed by atoms with Crippen molar-refractivity contribution >= 4 is 22.9 Å². The predicted octanol–water partition coefficient (Wildman–Crippen LogP) is 1.04. The number of aliphatic hydroxyl groups is 1. The van der Waals surface area contributed by atoms with Crippen LogP contribution in [-0.4, -0.2) is 27.9 Å². The molecule has 0 aromatic carbocycles. The van der Waals surface area contributed by atoms with Crippen molar-refractivity contribution in [2.45, 2.75) is 12.8 Å². The van der Waals surface area contributed by atoms with E-state index in [1.807, 2.05) is 0 Å². The third-order valence-corrected chi connectivity index (χ3v) is 2.78. The average molecular weight is 241 g/mol. The van der Waals surface area contributed by atoms with Crippen LogP contribution in [0.4, 0.5) is 0 Å². The molecule has 1 N–H and O–H groups in total. The highest BCUT2D eigenvalue weighted by atomic mass is 127. The lowest BCUT2D eigenvalue weighted by atomic mass is 10.00. The number of hydrogen-bond acceptors (Lipinski definition) is 2. The minimum atomic E-state index is 0.379. The van der Waals surface area contributed by atoms with Crippen molar-refractivity contribution in [2.24, 2.45) is 5.92 Å². The normalized spacial score (nSPS) is 24.7. The second-order valence-corrected chi connectivity index (χ2v) is 3.90. The van der Waals surface area contributed by atoms with Gasteiger partial charge >= 0.3 is 0 Å². The molecule has 9 heavy (non-hydrogen) atoms. The molecular weight excluding hydrogens is 229 g/mol. The quantitative estimate of drug-likeness (QED) is 0.547. The van der Waals surface area contributed by atoms with Gasteiger partial charge in [0.15, 0.2) is 0 Å². The summed E-state index contributed by atoms with van der Waals surface area (Å²) in [5.74, 6) is 0.580. The maximum atomic E-state index is 8.76. The summed E-state index contributed by atoms with van der Waals surface area (Å²) in [5.41, 5.74) is 0. The van der Waals surface area contributed by atoms with Crippen LogP contribution in [0.2, 0.25) is 0 Å². The number of halogens is 1. The Labute approximate surface area is 69.7 Å². The van der Waals surface area contributed by atoms with Gasteiger partial charge in [0, 0.05) is 42.6 Å². The van der Waals surface area contributed by atoms with Crippen LogP contribution in [-0.2, 0) is 0 Å². The topological polar surface area (TPSA) is 23.5 Å². The first kappa shape index (κ1) is 7.75. The molecular formula is C6H12INO. The molecule has 0 unspecified atom stereocenters. The fraction of sp³-hybridized carbons (Fsp3) is 1.00. The van der Waals surface area contributed by atoms with Crippen molar-refractivity contribution < 1.29 is 5.11 Å². The Morgan fingerprint density at radius 3 is 2.44 bits per heavy atom. The van der Waals surface area contributed by atoms with Gasteiger partial charge in [-0.15, -0.1) is 0 Å². The Bertz CT molecular complexity index is 81.1. The molecule has 0 radical (unpaired) electrons. The van der Waals surface area contributed by atoms with E-state index in [0.29, 0.717) is 12.5 Å². The third kappa shape index (κ3) is 2.39. The summed E-state index contributed by atoms with van der Waals surface area (Å²) in [4.78, 5) is 0. The number of piperidine rings is 1. The van der Waals surface area contributed by atoms with Gasteiger partial charge in [-0.05, 0) is 18.8 Å². The minimum absolute atomic E-state index is 0.379. The number of aliphatic hydroxyl groups excluding tert-OH is 1. The summed E-state index contributed by atoms with van der Waals surface area (Å²) in [6.07, 6.45) is 2.33. The van der Waals surface area contributed by atoms with E-state index in [2.05, 4.69) is 26.0 Å². The molecule has 1 aliphatic heterocycles. The molecule has 0 saturated carbocycles. The molecule has 0 amide bonds. The standard InChI is InChI=1S/C6H12INO/c7-8-3-1-6(5-9)2-4-8/h6,9H,1-5H2. The van der Waals surface area contributed by atoms with E-state index < -0.39 is 0 Å².